The predicted molar refractivity (Wildman–Crippen MR) is 74.9 cm³/mol. The third-order valence-electron chi connectivity index (χ3n) is 2.97. The number of furan rings is 1. The number of rotatable bonds is 5. The highest BCUT2D eigenvalue weighted by Crippen LogP contribution is 2.21. The van der Waals surface area contributed by atoms with Gasteiger partial charge in [0.2, 0.25) is 0 Å². The topological polar surface area (TPSA) is 53.9 Å². The maximum absolute atomic E-state index is 5.36. The van der Waals surface area contributed by atoms with Crippen LogP contribution in [0.5, 0.6) is 0 Å². The van der Waals surface area contributed by atoms with Crippen molar-refractivity contribution in [2.75, 3.05) is 11.9 Å². The molecule has 96 valence electrons. The molecule has 2 N–H and O–H groups in total. The van der Waals surface area contributed by atoms with Crippen molar-refractivity contribution in [2.45, 2.75) is 6.42 Å². The smallest absolute Gasteiger partial charge is 0.133 e. The van der Waals surface area contributed by atoms with Crippen LogP contribution in [0.3, 0.4) is 0 Å². The highest BCUT2D eigenvalue weighted by molar-refractivity contribution is 5.61. The van der Waals surface area contributed by atoms with E-state index in [-0.39, 0.29) is 0 Å². The number of anilines is 1. The van der Waals surface area contributed by atoms with Gasteiger partial charge in [-0.05, 0) is 36.4 Å². The Labute approximate surface area is 111 Å². The molecule has 0 radical (unpaired) electrons. The van der Waals surface area contributed by atoms with Crippen LogP contribution in [0.2, 0.25) is 0 Å². The molecule has 2 heterocycles. The van der Waals surface area contributed by atoms with Gasteiger partial charge in [-0.3, -0.25) is 0 Å². The lowest BCUT2D eigenvalue weighted by Crippen LogP contribution is -2.04. The molecule has 0 aliphatic carbocycles. The van der Waals surface area contributed by atoms with Gasteiger partial charge in [-0.25, -0.2) is 4.98 Å². The molecule has 4 heteroatoms. The van der Waals surface area contributed by atoms with Gasteiger partial charge < -0.3 is 14.7 Å². The van der Waals surface area contributed by atoms with E-state index >= 15 is 0 Å². The number of hydrogen-bond donors (Lipinski definition) is 2. The Morgan fingerprint density at radius 2 is 2.05 bits per heavy atom. The van der Waals surface area contributed by atoms with E-state index in [1.54, 1.807) is 12.6 Å². The number of aromatic nitrogens is 2. The minimum absolute atomic E-state index is 0.877. The van der Waals surface area contributed by atoms with Gasteiger partial charge in [0.1, 0.15) is 5.76 Å². The fourth-order valence-corrected chi connectivity index (χ4v) is 1.96. The van der Waals surface area contributed by atoms with Gasteiger partial charge in [0.25, 0.3) is 0 Å². The van der Waals surface area contributed by atoms with Gasteiger partial charge in [0.15, 0.2) is 0 Å². The summed E-state index contributed by atoms with van der Waals surface area (Å²) in [6.07, 6.45) is 6.17. The van der Waals surface area contributed by atoms with E-state index in [4.69, 9.17) is 4.42 Å². The second kappa shape index (κ2) is 5.44. The molecule has 0 bridgehead atoms. The zero-order valence-electron chi connectivity index (χ0n) is 10.5. The van der Waals surface area contributed by atoms with Crippen molar-refractivity contribution in [2.24, 2.45) is 0 Å². The molecule has 0 unspecified atom stereocenters. The van der Waals surface area contributed by atoms with Crippen molar-refractivity contribution < 1.29 is 4.42 Å². The van der Waals surface area contributed by atoms with Gasteiger partial charge in [0.05, 0.1) is 12.6 Å². The van der Waals surface area contributed by atoms with E-state index in [1.165, 1.54) is 0 Å². The molecule has 0 amide bonds. The summed E-state index contributed by atoms with van der Waals surface area (Å²) >= 11 is 0. The van der Waals surface area contributed by atoms with Crippen LogP contribution in [0.4, 0.5) is 5.69 Å². The number of nitrogens with one attached hydrogen (secondary N) is 2. The average molecular weight is 253 g/mol. The quantitative estimate of drug-likeness (QED) is 0.733. The van der Waals surface area contributed by atoms with Gasteiger partial charge in [0, 0.05) is 36.1 Å². The molecule has 4 nitrogen and oxygen atoms in total. The molecule has 0 saturated carbocycles. The Morgan fingerprint density at radius 3 is 2.74 bits per heavy atom. The Bertz CT molecular complexity index is 597. The van der Waals surface area contributed by atoms with Crippen molar-refractivity contribution >= 4 is 5.69 Å². The fourth-order valence-electron chi connectivity index (χ4n) is 1.96. The van der Waals surface area contributed by atoms with Gasteiger partial charge in [-0.1, -0.05) is 0 Å². The first-order valence-electron chi connectivity index (χ1n) is 6.27. The first kappa shape index (κ1) is 11.6. The van der Waals surface area contributed by atoms with Crippen LogP contribution >= 0.6 is 0 Å². The minimum Gasteiger partial charge on any atom is -0.464 e. The van der Waals surface area contributed by atoms with Crippen LogP contribution in [0, 0.1) is 0 Å². The summed E-state index contributed by atoms with van der Waals surface area (Å²) in [7, 11) is 0. The van der Waals surface area contributed by atoms with Crippen molar-refractivity contribution in [1.82, 2.24) is 9.97 Å². The van der Waals surface area contributed by atoms with Crippen LogP contribution in [0.25, 0.3) is 11.3 Å². The van der Waals surface area contributed by atoms with Gasteiger partial charge in [-0.2, -0.15) is 0 Å². The lowest BCUT2D eigenvalue weighted by atomic mass is 10.1. The van der Waals surface area contributed by atoms with Crippen molar-refractivity contribution in [3.63, 3.8) is 0 Å². The molecule has 0 fully saturated rings. The predicted octanol–water partition coefficient (Wildman–Crippen LogP) is 3.32. The molecule has 0 aliphatic rings. The number of aromatic amines is 1. The second-order valence-corrected chi connectivity index (χ2v) is 4.31. The number of H-pyrrole nitrogens is 1. The van der Waals surface area contributed by atoms with E-state index in [2.05, 4.69) is 39.6 Å². The molecular weight excluding hydrogens is 238 g/mol. The summed E-state index contributed by atoms with van der Waals surface area (Å²) in [4.78, 5) is 7.08. The molecule has 0 aliphatic heterocycles. The largest absolute Gasteiger partial charge is 0.464 e. The summed E-state index contributed by atoms with van der Waals surface area (Å²) in [5, 5.41) is 3.38. The highest BCUT2D eigenvalue weighted by Gasteiger charge is 2.00. The molecule has 0 atom stereocenters. The van der Waals surface area contributed by atoms with E-state index in [0.717, 1.165) is 35.7 Å². The summed E-state index contributed by atoms with van der Waals surface area (Å²) in [5.74, 6) is 0.893. The SMILES string of the molecule is c1coc(-c2ccc(NCCc3cnc[nH]3)cc2)c1. The lowest BCUT2D eigenvalue weighted by Gasteiger charge is -2.06. The van der Waals surface area contributed by atoms with Crippen LogP contribution in [-0.4, -0.2) is 16.5 Å². The van der Waals surface area contributed by atoms with E-state index in [9.17, 15) is 0 Å². The molecule has 0 spiro atoms. The molecule has 0 saturated heterocycles. The molecule has 3 aromatic rings. The van der Waals surface area contributed by atoms with Crippen LogP contribution in [-0.2, 0) is 6.42 Å². The van der Waals surface area contributed by atoms with E-state index in [0.29, 0.717) is 0 Å². The standard InChI is InChI=1S/C15H15N3O/c1-2-15(19-9-1)12-3-5-13(6-4-12)17-8-7-14-10-16-11-18-14/h1-6,9-11,17H,7-8H2,(H,16,18). The normalized spacial score (nSPS) is 10.5. The Kier molecular flexibility index (Phi) is 3.32. The van der Waals surface area contributed by atoms with Crippen molar-refractivity contribution in [3.8, 4) is 11.3 Å². The minimum atomic E-state index is 0.877. The van der Waals surface area contributed by atoms with Crippen molar-refractivity contribution in [3.05, 3.63) is 60.9 Å². The number of imidazole rings is 1. The Morgan fingerprint density at radius 1 is 1.16 bits per heavy atom. The zero-order valence-corrected chi connectivity index (χ0v) is 10.5. The lowest BCUT2D eigenvalue weighted by molar-refractivity contribution is 0.582. The number of nitrogens with zero attached hydrogens (tertiary/aromatic N) is 1. The van der Waals surface area contributed by atoms with Crippen LogP contribution in [0.1, 0.15) is 5.69 Å². The zero-order chi connectivity index (χ0) is 12.9. The second-order valence-electron chi connectivity index (χ2n) is 4.31. The fraction of sp³-hybridized carbons (Fsp3) is 0.133. The van der Waals surface area contributed by atoms with E-state index < -0.39 is 0 Å². The molecular formula is C15H15N3O. The van der Waals surface area contributed by atoms with Gasteiger partial charge >= 0.3 is 0 Å². The maximum atomic E-state index is 5.36. The first-order valence-corrected chi connectivity index (χ1v) is 6.27. The molecule has 1 aromatic carbocycles. The summed E-state index contributed by atoms with van der Waals surface area (Å²) in [6, 6.07) is 12.1. The Hall–Kier alpha value is -2.49. The summed E-state index contributed by atoms with van der Waals surface area (Å²) in [6.45, 7) is 0.877. The summed E-state index contributed by atoms with van der Waals surface area (Å²) < 4.78 is 5.36. The molecule has 3 rings (SSSR count). The highest BCUT2D eigenvalue weighted by atomic mass is 16.3. The third kappa shape index (κ3) is 2.85. The Balaban J connectivity index is 1.57. The first-order chi connectivity index (χ1) is 9.42. The molecule has 2 aromatic heterocycles. The van der Waals surface area contributed by atoms with Gasteiger partial charge in [-0.15, -0.1) is 0 Å². The third-order valence-corrected chi connectivity index (χ3v) is 2.97. The maximum Gasteiger partial charge on any atom is 0.133 e. The van der Waals surface area contributed by atoms with Crippen LogP contribution in [0.15, 0.2) is 59.6 Å². The summed E-state index contributed by atoms with van der Waals surface area (Å²) in [5.41, 5.74) is 3.33. The van der Waals surface area contributed by atoms with Crippen molar-refractivity contribution in [1.29, 1.82) is 0 Å². The monoisotopic (exact) mass is 253 g/mol. The van der Waals surface area contributed by atoms with E-state index in [1.807, 2.05) is 18.3 Å². The molecule has 19 heavy (non-hydrogen) atoms. The number of hydrogen-bond acceptors (Lipinski definition) is 3. The number of benzene rings is 1. The van der Waals surface area contributed by atoms with Crippen LogP contribution < -0.4 is 5.32 Å². The average Bonchev–Trinajstić information content (AvgIpc) is 3.13.